The molecule has 8 atom stereocenters. The van der Waals surface area contributed by atoms with Crippen molar-refractivity contribution in [2.75, 3.05) is 45.2 Å². The molecule has 3 aromatic rings. The molecule has 344 valence electrons. The molecule has 13 heteroatoms. The van der Waals surface area contributed by atoms with E-state index in [9.17, 15) is 24.0 Å². The van der Waals surface area contributed by atoms with Gasteiger partial charge in [0.1, 0.15) is 0 Å². The SMILES string of the molecule is CCCCCCCCCCCCCNC(=O)N[C@H]1CN(C(=O)Nc2ccc(C(=O)N3C[C@@H](C(=O)N[C@H]4C[C@@H]4c4ccccc4)[C@H](C(=O)N[C@H]4C[C@@H]4c4ccccc4)C3)cc2)C[C@@H]1OC. The fraction of sp³-hybridized carbons (Fsp3) is 0.549. The summed E-state index contributed by atoms with van der Waals surface area (Å²) in [6.07, 6.45) is 15.0. The fourth-order valence-electron chi connectivity index (χ4n) is 9.54. The Morgan fingerprint density at radius 2 is 1.09 bits per heavy atom. The number of anilines is 1. The van der Waals surface area contributed by atoms with Crippen LogP contribution < -0.4 is 26.6 Å². The Labute approximate surface area is 379 Å². The van der Waals surface area contributed by atoms with Crippen LogP contribution in [0, 0.1) is 11.8 Å². The predicted octanol–water partition coefficient (Wildman–Crippen LogP) is 7.56. The number of urea groups is 2. The average molecular weight is 876 g/mol. The second-order valence-electron chi connectivity index (χ2n) is 18.4. The zero-order chi connectivity index (χ0) is 44.8. The third-order valence-electron chi connectivity index (χ3n) is 13.6. The maximum atomic E-state index is 14.0. The van der Waals surface area contributed by atoms with E-state index in [0.717, 1.165) is 25.7 Å². The number of benzene rings is 3. The molecule has 2 aliphatic heterocycles. The van der Waals surface area contributed by atoms with Crippen molar-refractivity contribution in [2.24, 2.45) is 11.8 Å². The van der Waals surface area contributed by atoms with Gasteiger partial charge in [0.2, 0.25) is 11.8 Å². The predicted molar refractivity (Wildman–Crippen MR) is 249 cm³/mol. The fourth-order valence-corrected chi connectivity index (χ4v) is 9.54. The number of methoxy groups -OCH3 is 1. The minimum Gasteiger partial charge on any atom is -0.377 e. The Balaban J connectivity index is 0.866. The summed E-state index contributed by atoms with van der Waals surface area (Å²) in [5.74, 6) is -1.61. The van der Waals surface area contributed by atoms with E-state index in [1.165, 1.54) is 68.9 Å². The van der Waals surface area contributed by atoms with Crippen LogP contribution in [-0.2, 0) is 14.3 Å². The molecule has 0 aromatic heterocycles. The van der Waals surface area contributed by atoms with Crippen molar-refractivity contribution in [1.82, 2.24) is 31.1 Å². The number of carbonyl (C=O) groups excluding carboxylic acids is 5. The first-order chi connectivity index (χ1) is 31.2. The summed E-state index contributed by atoms with van der Waals surface area (Å²) in [6.45, 7) is 3.69. The summed E-state index contributed by atoms with van der Waals surface area (Å²) >= 11 is 0. The van der Waals surface area contributed by atoms with E-state index in [0.29, 0.717) is 24.3 Å². The lowest BCUT2D eigenvalue weighted by atomic mass is 9.94. The molecule has 4 fully saturated rings. The maximum absolute atomic E-state index is 14.0. The highest BCUT2D eigenvalue weighted by Crippen LogP contribution is 2.42. The van der Waals surface area contributed by atoms with Gasteiger partial charge in [-0.1, -0.05) is 132 Å². The molecule has 7 rings (SSSR count). The molecule has 5 N–H and O–H groups in total. The van der Waals surface area contributed by atoms with Crippen molar-refractivity contribution in [3.05, 3.63) is 102 Å². The van der Waals surface area contributed by atoms with Crippen molar-refractivity contribution < 1.29 is 28.7 Å². The first-order valence-corrected chi connectivity index (χ1v) is 24.0. The monoisotopic (exact) mass is 876 g/mol. The topological polar surface area (TPSA) is 161 Å². The Hall–Kier alpha value is -5.43. The van der Waals surface area contributed by atoms with Gasteiger partial charge in [0.05, 0.1) is 30.5 Å². The van der Waals surface area contributed by atoms with Gasteiger partial charge >= 0.3 is 12.1 Å². The smallest absolute Gasteiger partial charge is 0.322 e. The van der Waals surface area contributed by atoms with Crippen LogP contribution in [0.15, 0.2) is 84.9 Å². The Morgan fingerprint density at radius 1 is 0.578 bits per heavy atom. The molecule has 2 saturated carbocycles. The van der Waals surface area contributed by atoms with Gasteiger partial charge in [0, 0.05) is 68.5 Å². The highest BCUT2D eigenvalue weighted by molar-refractivity contribution is 5.98. The lowest BCUT2D eigenvalue weighted by Crippen LogP contribution is -2.48. The molecule has 0 spiro atoms. The van der Waals surface area contributed by atoms with E-state index in [2.05, 4.69) is 57.8 Å². The molecule has 0 radical (unpaired) electrons. The first kappa shape index (κ1) is 46.6. The lowest BCUT2D eigenvalue weighted by molar-refractivity contribution is -0.133. The van der Waals surface area contributed by atoms with Crippen LogP contribution in [0.5, 0.6) is 0 Å². The van der Waals surface area contributed by atoms with Crippen molar-refractivity contribution in [1.29, 1.82) is 0 Å². The molecular weight excluding hydrogens is 807 g/mol. The van der Waals surface area contributed by atoms with Crippen molar-refractivity contribution in [3.63, 3.8) is 0 Å². The minimum absolute atomic E-state index is 0.00600. The van der Waals surface area contributed by atoms with Crippen LogP contribution in [0.4, 0.5) is 15.3 Å². The average Bonchev–Trinajstić information content (AvgIpc) is 4.17. The van der Waals surface area contributed by atoms with Gasteiger partial charge < -0.3 is 41.1 Å². The number of hydrogen-bond donors (Lipinski definition) is 5. The lowest BCUT2D eigenvalue weighted by Gasteiger charge is -2.19. The first-order valence-electron chi connectivity index (χ1n) is 24.0. The Bertz CT molecular complexity index is 1930. The molecule has 2 saturated heterocycles. The van der Waals surface area contributed by atoms with E-state index in [1.807, 2.05) is 36.4 Å². The second-order valence-corrected chi connectivity index (χ2v) is 18.4. The number of hydrogen-bond acceptors (Lipinski definition) is 6. The van der Waals surface area contributed by atoms with Gasteiger partial charge in [-0.05, 0) is 54.7 Å². The van der Waals surface area contributed by atoms with E-state index in [1.54, 1.807) is 41.2 Å². The zero-order valence-electron chi connectivity index (χ0n) is 37.8. The largest absolute Gasteiger partial charge is 0.377 e. The van der Waals surface area contributed by atoms with E-state index >= 15 is 0 Å². The van der Waals surface area contributed by atoms with Gasteiger partial charge in [-0.25, -0.2) is 9.59 Å². The van der Waals surface area contributed by atoms with Crippen molar-refractivity contribution in [2.45, 2.75) is 126 Å². The highest BCUT2D eigenvalue weighted by Gasteiger charge is 2.49. The summed E-state index contributed by atoms with van der Waals surface area (Å²) in [4.78, 5) is 71.0. The van der Waals surface area contributed by atoms with E-state index < -0.39 is 11.8 Å². The molecule has 2 aliphatic carbocycles. The summed E-state index contributed by atoms with van der Waals surface area (Å²) in [5, 5.41) is 15.2. The number of unbranched alkanes of at least 4 members (excludes halogenated alkanes) is 10. The summed E-state index contributed by atoms with van der Waals surface area (Å²) < 4.78 is 5.64. The van der Waals surface area contributed by atoms with Crippen molar-refractivity contribution >= 4 is 35.5 Å². The van der Waals surface area contributed by atoms with Crippen LogP contribution in [0.2, 0.25) is 0 Å². The molecular formula is C51H69N7O6. The normalized spacial score (nSPS) is 24.5. The molecule has 2 heterocycles. The number of rotatable bonds is 22. The quantitative estimate of drug-likeness (QED) is 0.0655. The van der Waals surface area contributed by atoms with E-state index in [4.69, 9.17) is 4.74 Å². The third kappa shape index (κ3) is 12.9. The summed E-state index contributed by atoms with van der Waals surface area (Å²) in [7, 11) is 1.58. The molecule has 3 aromatic carbocycles. The maximum Gasteiger partial charge on any atom is 0.322 e. The third-order valence-corrected chi connectivity index (χ3v) is 13.6. The van der Waals surface area contributed by atoms with Crippen LogP contribution >= 0.6 is 0 Å². The molecule has 4 aliphatic rings. The molecule has 0 bridgehead atoms. The second kappa shape index (κ2) is 23.0. The zero-order valence-corrected chi connectivity index (χ0v) is 37.8. The number of carbonyl (C=O) groups is 5. The highest BCUT2D eigenvalue weighted by atomic mass is 16.5. The number of likely N-dealkylation sites (tertiary alicyclic amines) is 2. The van der Waals surface area contributed by atoms with Crippen LogP contribution in [0.25, 0.3) is 0 Å². The Kier molecular flexibility index (Phi) is 16.7. The summed E-state index contributed by atoms with van der Waals surface area (Å²) in [5.41, 5.74) is 3.24. The molecule has 64 heavy (non-hydrogen) atoms. The molecule has 7 amide bonds. The van der Waals surface area contributed by atoms with Crippen molar-refractivity contribution in [3.8, 4) is 0 Å². The number of nitrogens with one attached hydrogen (secondary N) is 5. The van der Waals surface area contributed by atoms with Gasteiger partial charge in [-0.15, -0.1) is 0 Å². The van der Waals surface area contributed by atoms with Crippen LogP contribution in [0.3, 0.4) is 0 Å². The Morgan fingerprint density at radius 3 is 1.61 bits per heavy atom. The minimum atomic E-state index is -0.691. The summed E-state index contributed by atoms with van der Waals surface area (Å²) in [6, 6.07) is 25.9. The van der Waals surface area contributed by atoms with Gasteiger partial charge in [0.15, 0.2) is 0 Å². The van der Waals surface area contributed by atoms with Gasteiger partial charge in [-0.2, -0.15) is 0 Å². The number of nitrogens with zero attached hydrogens (tertiary/aromatic N) is 2. The van der Waals surface area contributed by atoms with Gasteiger partial charge in [0.25, 0.3) is 5.91 Å². The molecule has 0 unspecified atom stereocenters. The van der Waals surface area contributed by atoms with E-state index in [-0.39, 0.29) is 85.5 Å². The standard InChI is InChI=1S/C51H69N7O6/c1-3-4-5-6-7-8-9-10-11-12-19-28-52-50(62)56-45-33-58(34-46(45)64-2)51(63)53-38-26-24-37(25-27-38)49(61)57-31-41(47(59)54-43-29-39(43)35-20-15-13-16-21-35)42(32-57)48(60)55-44-30-40(44)36-22-17-14-18-23-36/h13-18,20-27,39-46H,3-12,19,28-34H2,1-2H3,(H,53,63)(H,54,59)(H,55,60)(H2,52,56,62)/t39-,40-,41-,42-,43+,44+,45+,46+/m1/s1. The molecule has 13 nitrogen and oxygen atoms in total. The number of ether oxygens (including phenoxy) is 1. The van der Waals surface area contributed by atoms with Gasteiger partial charge in [-0.3, -0.25) is 14.4 Å². The van der Waals surface area contributed by atoms with Crippen LogP contribution in [0.1, 0.15) is 124 Å². The number of amides is 7. The van der Waals surface area contributed by atoms with Crippen LogP contribution in [-0.4, -0.2) is 104 Å².